The number of anilines is 1. The number of hydrogen-bond acceptors (Lipinski definition) is 6. The van der Waals surface area contributed by atoms with E-state index in [-0.39, 0.29) is 11.3 Å². The summed E-state index contributed by atoms with van der Waals surface area (Å²) < 4.78 is 16.9. The molecule has 1 N–H and O–H groups in total. The summed E-state index contributed by atoms with van der Waals surface area (Å²) in [6.07, 6.45) is 0. The molecule has 0 radical (unpaired) electrons. The molecule has 35 heavy (non-hydrogen) atoms. The summed E-state index contributed by atoms with van der Waals surface area (Å²) in [7, 11) is 4.57. The van der Waals surface area contributed by atoms with Gasteiger partial charge in [0.15, 0.2) is 0 Å². The average Bonchev–Trinajstić information content (AvgIpc) is 3.14. The van der Waals surface area contributed by atoms with Gasteiger partial charge in [-0.3, -0.25) is 14.5 Å². The molecule has 0 saturated carbocycles. The highest BCUT2D eigenvalue weighted by Gasteiger charge is 2.48. The normalized spacial score (nSPS) is 16.9. The van der Waals surface area contributed by atoms with E-state index in [2.05, 4.69) is 15.9 Å². The molecule has 8 heteroatoms. The quantitative estimate of drug-likeness (QED) is 0.257. The van der Waals surface area contributed by atoms with Gasteiger partial charge in [0.2, 0.25) is 0 Å². The van der Waals surface area contributed by atoms with Gasteiger partial charge in [0, 0.05) is 27.4 Å². The zero-order valence-electron chi connectivity index (χ0n) is 19.7. The topological polar surface area (TPSA) is 85.3 Å². The van der Waals surface area contributed by atoms with Gasteiger partial charge in [-0.1, -0.05) is 22.0 Å². The van der Waals surface area contributed by atoms with E-state index in [1.807, 2.05) is 13.0 Å². The first-order valence-corrected chi connectivity index (χ1v) is 11.5. The molecule has 0 aliphatic carbocycles. The Labute approximate surface area is 211 Å². The number of methoxy groups -OCH3 is 3. The van der Waals surface area contributed by atoms with E-state index in [9.17, 15) is 14.7 Å². The molecule has 1 aliphatic heterocycles. The molecule has 180 valence electrons. The predicted molar refractivity (Wildman–Crippen MR) is 136 cm³/mol. The Hall–Kier alpha value is -3.78. The molecule has 4 rings (SSSR count). The first-order chi connectivity index (χ1) is 16.8. The molecule has 7 nitrogen and oxygen atoms in total. The Kier molecular flexibility index (Phi) is 6.84. The van der Waals surface area contributed by atoms with Crippen LogP contribution in [0.3, 0.4) is 0 Å². The fourth-order valence-corrected chi connectivity index (χ4v) is 4.44. The van der Waals surface area contributed by atoms with Crippen LogP contribution in [0.1, 0.15) is 22.7 Å². The van der Waals surface area contributed by atoms with Crippen molar-refractivity contribution >= 4 is 39.1 Å². The van der Waals surface area contributed by atoms with Crippen LogP contribution < -0.4 is 19.1 Å². The van der Waals surface area contributed by atoms with E-state index in [4.69, 9.17) is 14.2 Å². The first kappa shape index (κ1) is 24.3. The molecule has 1 aliphatic rings. The summed E-state index contributed by atoms with van der Waals surface area (Å²) in [5.41, 5.74) is 2.34. The van der Waals surface area contributed by atoms with E-state index in [0.717, 1.165) is 10.0 Å². The maximum absolute atomic E-state index is 13.4. The number of amides is 1. The van der Waals surface area contributed by atoms with Gasteiger partial charge in [-0.25, -0.2) is 0 Å². The van der Waals surface area contributed by atoms with E-state index in [0.29, 0.717) is 34.1 Å². The van der Waals surface area contributed by atoms with Crippen LogP contribution in [-0.4, -0.2) is 38.1 Å². The molecule has 3 aromatic carbocycles. The van der Waals surface area contributed by atoms with Crippen molar-refractivity contribution in [1.82, 2.24) is 0 Å². The van der Waals surface area contributed by atoms with Crippen LogP contribution in [0.2, 0.25) is 0 Å². The molecule has 1 saturated heterocycles. The molecule has 1 fully saturated rings. The molecule has 0 unspecified atom stereocenters. The second kappa shape index (κ2) is 9.84. The van der Waals surface area contributed by atoms with E-state index >= 15 is 0 Å². The van der Waals surface area contributed by atoms with E-state index in [1.165, 1.54) is 26.2 Å². The number of ether oxygens (including phenoxy) is 3. The fourth-order valence-electron chi connectivity index (χ4n) is 4.07. The van der Waals surface area contributed by atoms with Crippen molar-refractivity contribution < 1.29 is 28.9 Å². The smallest absolute Gasteiger partial charge is 0.300 e. The fraction of sp³-hybridized carbons (Fsp3) is 0.185. The highest BCUT2D eigenvalue weighted by Crippen LogP contribution is 2.46. The number of hydrogen-bond donors (Lipinski definition) is 1. The van der Waals surface area contributed by atoms with Gasteiger partial charge in [0.25, 0.3) is 11.7 Å². The molecule has 0 spiro atoms. The van der Waals surface area contributed by atoms with Gasteiger partial charge in [0.1, 0.15) is 23.0 Å². The Morgan fingerprint density at radius 3 is 2.14 bits per heavy atom. The van der Waals surface area contributed by atoms with Crippen molar-refractivity contribution in [2.24, 2.45) is 0 Å². The van der Waals surface area contributed by atoms with Crippen molar-refractivity contribution in [3.05, 3.63) is 87.4 Å². The summed E-state index contributed by atoms with van der Waals surface area (Å²) in [5, 5.41) is 11.3. The predicted octanol–water partition coefficient (Wildman–Crippen LogP) is 5.41. The number of Topliss-reactive ketones (excluding diaryl/α,β-unsaturated/α-hetero) is 1. The van der Waals surface area contributed by atoms with Crippen molar-refractivity contribution in [3.63, 3.8) is 0 Å². The molecular weight excluding hydrogens is 514 g/mol. The zero-order valence-corrected chi connectivity index (χ0v) is 21.3. The summed E-state index contributed by atoms with van der Waals surface area (Å²) in [5.74, 6) is -0.275. The monoisotopic (exact) mass is 537 g/mol. The maximum Gasteiger partial charge on any atom is 0.300 e. The van der Waals surface area contributed by atoms with Gasteiger partial charge < -0.3 is 19.3 Å². The lowest BCUT2D eigenvalue weighted by atomic mass is 9.94. The van der Waals surface area contributed by atoms with Gasteiger partial charge in [0.05, 0.1) is 32.9 Å². The number of aryl methyl sites for hydroxylation is 1. The number of ketones is 1. The maximum atomic E-state index is 13.4. The number of carbonyl (C=O) groups excluding carboxylic acids is 2. The summed E-state index contributed by atoms with van der Waals surface area (Å²) in [4.78, 5) is 28.1. The molecule has 3 aromatic rings. The minimum absolute atomic E-state index is 0.0414. The molecule has 0 bridgehead atoms. The van der Waals surface area contributed by atoms with Gasteiger partial charge in [-0.2, -0.15) is 0 Å². The van der Waals surface area contributed by atoms with E-state index < -0.39 is 17.7 Å². The van der Waals surface area contributed by atoms with Crippen LogP contribution in [0, 0.1) is 6.92 Å². The Morgan fingerprint density at radius 1 is 0.886 bits per heavy atom. The van der Waals surface area contributed by atoms with Crippen LogP contribution >= 0.6 is 15.9 Å². The second-order valence-electron chi connectivity index (χ2n) is 7.94. The average molecular weight is 538 g/mol. The number of aliphatic hydroxyl groups is 1. The number of rotatable bonds is 6. The van der Waals surface area contributed by atoms with Gasteiger partial charge in [-0.15, -0.1) is 0 Å². The van der Waals surface area contributed by atoms with Crippen LogP contribution in [0.25, 0.3) is 5.76 Å². The van der Waals surface area contributed by atoms with Crippen LogP contribution in [0.5, 0.6) is 17.2 Å². The number of benzene rings is 3. The third-order valence-corrected chi connectivity index (χ3v) is 6.83. The van der Waals surface area contributed by atoms with Crippen molar-refractivity contribution in [2.45, 2.75) is 13.0 Å². The van der Waals surface area contributed by atoms with Crippen LogP contribution in [-0.2, 0) is 9.59 Å². The summed E-state index contributed by atoms with van der Waals surface area (Å²) in [6, 6.07) is 16.2. The number of carbonyl (C=O) groups is 2. The van der Waals surface area contributed by atoms with Crippen molar-refractivity contribution in [1.29, 1.82) is 0 Å². The Bertz CT molecular complexity index is 1330. The second-order valence-corrected chi connectivity index (χ2v) is 8.79. The zero-order chi connectivity index (χ0) is 25.3. The number of aliphatic hydroxyl groups excluding tert-OH is 1. The highest BCUT2D eigenvalue weighted by atomic mass is 79.9. The molecule has 1 atom stereocenters. The lowest BCUT2D eigenvalue weighted by Crippen LogP contribution is -2.29. The minimum Gasteiger partial charge on any atom is -0.507 e. The molecule has 1 heterocycles. The molecule has 0 aromatic heterocycles. The summed E-state index contributed by atoms with van der Waals surface area (Å²) >= 11 is 3.51. The largest absolute Gasteiger partial charge is 0.507 e. The lowest BCUT2D eigenvalue weighted by molar-refractivity contribution is -0.132. The third-order valence-electron chi connectivity index (χ3n) is 5.98. The van der Waals surface area contributed by atoms with Crippen LogP contribution in [0.15, 0.2) is 70.7 Å². The van der Waals surface area contributed by atoms with Crippen molar-refractivity contribution in [2.75, 3.05) is 26.2 Å². The third kappa shape index (κ3) is 4.37. The Balaban J connectivity index is 1.98. The van der Waals surface area contributed by atoms with E-state index in [1.54, 1.807) is 54.6 Å². The van der Waals surface area contributed by atoms with Gasteiger partial charge >= 0.3 is 0 Å². The number of halogens is 1. The van der Waals surface area contributed by atoms with Gasteiger partial charge in [-0.05, 0) is 61.0 Å². The lowest BCUT2D eigenvalue weighted by Gasteiger charge is -2.27. The first-order valence-electron chi connectivity index (χ1n) is 10.7. The standard InChI is InChI=1S/C27H24BrNO6/c1-15-5-8-17(13-21(15)28)29-24(20-12-11-19(34-3)14-22(20)35-4)23(26(31)27(29)32)25(30)16-6-9-18(33-2)10-7-16/h5-14,24,30H,1-4H3/t24-/m0/s1. The summed E-state index contributed by atoms with van der Waals surface area (Å²) in [6.45, 7) is 1.93. The van der Waals surface area contributed by atoms with Crippen LogP contribution in [0.4, 0.5) is 5.69 Å². The highest BCUT2D eigenvalue weighted by molar-refractivity contribution is 9.10. The minimum atomic E-state index is -0.937. The Morgan fingerprint density at radius 2 is 1.54 bits per heavy atom. The SMILES string of the molecule is COc1ccc(C(O)=C2C(=O)C(=O)N(c3ccc(C)c(Br)c3)[C@H]2c2ccc(OC)cc2OC)cc1. The van der Waals surface area contributed by atoms with Crippen molar-refractivity contribution in [3.8, 4) is 17.2 Å². The number of nitrogens with zero attached hydrogens (tertiary/aromatic N) is 1. The molecular formula is C27H24BrNO6. The molecule has 1 amide bonds.